The standard InChI is InChI=1S/C18H23NO2/c1-18(13-19,15-5-4-6-17(11-15)21-3)12-14-7-9-16(20-2)10-8-14/h4-11H,12-13,19H2,1-3H3. The van der Waals surface area contributed by atoms with Crippen LogP contribution in [0.5, 0.6) is 11.5 Å². The van der Waals surface area contributed by atoms with Gasteiger partial charge in [-0.05, 0) is 41.8 Å². The molecule has 0 aromatic heterocycles. The van der Waals surface area contributed by atoms with Gasteiger partial charge < -0.3 is 15.2 Å². The molecule has 0 saturated carbocycles. The molecule has 0 aliphatic heterocycles. The van der Waals surface area contributed by atoms with Gasteiger partial charge >= 0.3 is 0 Å². The van der Waals surface area contributed by atoms with E-state index in [0.29, 0.717) is 6.54 Å². The third-order valence-corrected chi connectivity index (χ3v) is 3.97. The first kappa shape index (κ1) is 15.4. The molecule has 0 fully saturated rings. The van der Waals surface area contributed by atoms with Crippen LogP contribution in [-0.4, -0.2) is 20.8 Å². The minimum atomic E-state index is -0.122. The molecule has 112 valence electrons. The Kier molecular flexibility index (Phi) is 4.86. The van der Waals surface area contributed by atoms with E-state index in [1.165, 1.54) is 11.1 Å². The molecule has 0 aliphatic rings. The maximum absolute atomic E-state index is 6.07. The van der Waals surface area contributed by atoms with E-state index in [1.54, 1.807) is 14.2 Å². The van der Waals surface area contributed by atoms with Gasteiger partial charge in [-0.25, -0.2) is 0 Å². The molecule has 0 aliphatic carbocycles. The summed E-state index contributed by atoms with van der Waals surface area (Å²) in [5.41, 5.74) is 8.38. The van der Waals surface area contributed by atoms with Crippen molar-refractivity contribution in [2.75, 3.05) is 20.8 Å². The van der Waals surface area contributed by atoms with Crippen molar-refractivity contribution in [3.05, 3.63) is 59.7 Å². The summed E-state index contributed by atoms with van der Waals surface area (Å²) >= 11 is 0. The Morgan fingerprint density at radius 1 is 0.952 bits per heavy atom. The summed E-state index contributed by atoms with van der Waals surface area (Å²) < 4.78 is 10.5. The van der Waals surface area contributed by atoms with E-state index in [9.17, 15) is 0 Å². The molecular formula is C18H23NO2. The van der Waals surface area contributed by atoms with Gasteiger partial charge in [-0.2, -0.15) is 0 Å². The molecule has 1 unspecified atom stereocenters. The van der Waals surface area contributed by atoms with Crippen LogP contribution in [0, 0.1) is 0 Å². The quantitative estimate of drug-likeness (QED) is 0.886. The van der Waals surface area contributed by atoms with Gasteiger partial charge in [0, 0.05) is 12.0 Å². The second kappa shape index (κ2) is 6.64. The summed E-state index contributed by atoms with van der Waals surface area (Å²) in [6.07, 6.45) is 0.876. The van der Waals surface area contributed by atoms with Crippen LogP contribution in [0.2, 0.25) is 0 Å². The molecule has 2 aromatic carbocycles. The number of nitrogens with two attached hydrogens (primary N) is 1. The molecule has 3 heteroatoms. The van der Waals surface area contributed by atoms with Crippen molar-refractivity contribution in [3.63, 3.8) is 0 Å². The maximum atomic E-state index is 6.07. The summed E-state index contributed by atoms with van der Waals surface area (Å²) in [6, 6.07) is 16.3. The van der Waals surface area contributed by atoms with Crippen LogP contribution in [0.25, 0.3) is 0 Å². The van der Waals surface area contributed by atoms with Gasteiger partial charge in [0.25, 0.3) is 0 Å². The maximum Gasteiger partial charge on any atom is 0.119 e. The number of rotatable bonds is 6. The lowest BCUT2D eigenvalue weighted by molar-refractivity contribution is 0.409. The highest BCUT2D eigenvalue weighted by Crippen LogP contribution is 2.30. The molecule has 21 heavy (non-hydrogen) atoms. The Balaban J connectivity index is 2.26. The molecule has 0 heterocycles. The summed E-state index contributed by atoms with van der Waals surface area (Å²) in [6.45, 7) is 2.76. The van der Waals surface area contributed by atoms with Gasteiger partial charge in [-0.1, -0.05) is 31.2 Å². The summed E-state index contributed by atoms with van der Waals surface area (Å²) in [5.74, 6) is 1.73. The van der Waals surface area contributed by atoms with E-state index in [0.717, 1.165) is 17.9 Å². The molecule has 3 nitrogen and oxygen atoms in total. The fourth-order valence-electron chi connectivity index (χ4n) is 2.48. The predicted octanol–water partition coefficient (Wildman–Crippen LogP) is 3.16. The topological polar surface area (TPSA) is 44.5 Å². The average Bonchev–Trinajstić information content (AvgIpc) is 2.55. The van der Waals surface area contributed by atoms with Gasteiger partial charge in [0.15, 0.2) is 0 Å². The van der Waals surface area contributed by atoms with Crippen LogP contribution in [0.4, 0.5) is 0 Å². The average molecular weight is 285 g/mol. The lowest BCUT2D eigenvalue weighted by atomic mass is 9.77. The Labute approximate surface area is 126 Å². The minimum absolute atomic E-state index is 0.122. The smallest absolute Gasteiger partial charge is 0.119 e. The molecule has 0 radical (unpaired) electrons. The van der Waals surface area contributed by atoms with Crippen molar-refractivity contribution in [3.8, 4) is 11.5 Å². The zero-order valence-electron chi connectivity index (χ0n) is 12.9. The van der Waals surface area contributed by atoms with E-state index in [4.69, 9.17) is 15.2 Å². The Bertz CT molecular complexity index is 580. The second-order valence-corrected chi connectivity index (χ2v) is 5.52. The van der Waals surface area contributed by atoms with Gasteiger partial charge in [-0.3, -0.25) is 0 Å². The fourth-order valence-corrected chi connectivity index (χ4v) is 2.48. The van der Waals surface area contributed by atoms with Gasteiger partial charge in [0.05, 0.1) is 14.2 Å². The van der Waals surface area contributed by atoms with Crippen LogP contribution in [0.3, 0.4) is 0 Å². The summed E-state index contributed by atoms with van der Waals surface area (Å²) in [4.78, 5) is 0. The first-order valence-electron chi connectivity index (χ1n) is 7.09. The van der Waals surface area contributed by atoms with Crippen LogP contribution >= 0.6 is 0 Å². The second-order valence-electron chi connectivity index (χ2n) is 5.52. The number of ether oxygens (including phenoxy) is 2. The first-order chi connectivity index (χ1) is 10.1. The number of benzene rings is 2. The van der Waals surface area contributed by atoms with E-state index in [1.807, 2.05) is 24.3 Å². The molecule has 2 rings (SSSR count). The van der Waals surface area contributed by atoms with Crippen molar-refractivity contribution >= 4 is 0 Å². The molecule has 0 amide bonds. The zero-order chi connectivity index (χ0) is 15.3. The van der Waals surface area contributed by atoms with Crippen LogP contribution in [0.15, 0.2) is 48.5 Å². The number of hydrogen-bond acceptors (Lipinski definition) is 3. The minimum Gasteiger partial charge on any atom is -0.497 e. The number of hydrogen-bond donors (Lipinski definition) is 1. The third-order valence-electron chi connectivity index (χ3n) is 3.97. The van der Waals surface area contributed by atoms with Crippen molar-refractivity contribution in [1.29, 1.82) is 0 Å². The summed E-state index contributed by atoms with van der Waals surface area (Å²) in [7, 11) is 3.36. The Morgan fingerprint density at radius 3 is 2.19 bits per heavy atom. The zero-order valence-corrected chi connectivity index (χ0v) is 12.9. The van der Waals surface area contributed by atoms with Gasteiger partial charge in [0.2, 0.25) is 0 Å². The molecular weight excluding hydrogens is 262 g/mol. The van der Waals surface area contributed by atoms with E-state index >= 15 is 0 Å². The highest BCUT2D eigenvalue weighted by molar-refractivity contribution is 5.36. The first-order valence-corrected chi connectivity index (χ1v) is 7.09. The summed E-state index contributed by atoms with van der Waals surface area (Å²) in [5, 5.41) is 0. The van der Waals surface area contributed by atoms with Crippen molar-refractivity contribution < 1.29 is 9.47 Å². The van der Waals surface area contributed by atoms with Crippen LogP contribution < -0.4 is 15.2 Å². The molecule has 2 N–H and O–H groups in total. The molecule has 1 atom stereocenters. The highest BCUT2D eigenvalue weighted by atomic mass is 16.5. The molecule has 0 saturated heterocycles. The predicted molar refractivity (Wildman–Crippen MR) is 86.1 cm³/mol. The van der Waals surface area contributed by atoms with Crippen LogP contribution in [0.1, 0.15) is 18.1 Å². The van der Waals surface area contributed by atoms with E-state index in [2.05, 4.69) is 31.2 Å². The third kappa shape index (κ3) is 3.56. The van der Waals surface area contributed by atoms with Gasteiger partial charge in [0.1, 0.15) is 11.5 Å². The lowest BCUT2D eigenvalue weighted by Gasteiger charge is -2.29. The van der Waals surface area contributed by atoms with Crippen molar-refractivity contribution in [1.82, 2.24) is 0 Å². The van der Waals surface area contributed by atoms with Gasteiger partial charge in [-0.15, -0.1) is 0 Å². The Hall–Kier alpha value is -2.00. The fraction of sp³-hybridized carbons (Fsp3) is 0.333. The molecule has 0 spiro atoms. The van der Waals surface area contributed by atoms with Crippen molar-refractivity contribution in [2.24, 2.45) is 5.73 Å². The van der Waals surface area contributed by atoms with E-state index < -0.39 is 0 Å². The largest absolute Gasteiger partial charge is 0.497 e. The normalized spacial score (nSPS) is 13.5. The molecule has 2 aromatic rings. The lowest BCUT2D eigenvalue weighted by Crippen LogP contribution is -2.34. The highest BCUT2D eigenvalue weighted by Gasteiger charge is 2.26. The number of methoxy groups -OCH3 is 2. The monoisotopic (exact) mass is 285 g/mol. The SMILES string of the molecule is COc1ccc(CC(C)(CN)c2cccc(OC)c2)cc1. The van der Waals surface area contributed by atoms with Crippen LogP contribution in [-0.2, 0) is 11.8 Å². The molecule has 0 bridgehead atoms. The Morgan fingerprint density at radius 2 is 1.62 bits per heavy atom. The van der Waals surface area contributed by atoms with E-state index in [-0.39, 0.29) is 5.41 Å². The van der Waals surface area contributed by atoms with Crippen molar-refractivity contribution in [2.45, 2.75) is 18.8 Å².